The van der Waals surface area contributed by atoms with Crippen molar-refractivity contribution in [2.75, 3.05) is 11.1 Å². The van der Waals surface area contributed by atoms with Gasteiger partial charge < -0.3 is 10.4 Å². The Kier molecular flexibility index (Phi) is 12.2. The highest BCUT2D eigenvalue weighted by Gasteiger charge is 2.40. The van der Waals surface area contributed by atoms with E-state index in [0.717, 1.165) is 56.4 Å². The molecule has 1 aromatic carbocycles. The molecule has 0 aliphatic heterocycles. The average molecular weight is 473 g/mol. The molecule has 1 rings (SSSR count). The van der Waals surface area contributed by atoms with Gasteiger partial charge >= 0.3 is 6.18 Å². The molecule has 2 atom stereocenters. The topological polar surface area (TPSA) is 73.1 Å². The van der Waals surface area contributed by atoms with Crippen molar-refractivity contribution in [2.45, 2.75) is 95.6 Å². The molecular formula is C24H35F3N2O2S. The maximum atomic E-state index is 13.2. The number of benzene rings is 1. The van der Waals surface area contributed by atoms with E-state index in [2.05, 4.69) is 19.2 Å². The Morgan fingerprint density at radius 2 is 1.75 bits per heavy atom. The third-order valence-electron chi connectivity index (χ3n) is 5.43. The van der Waals surface area contributed by atoms with Crippen LogP contribution >= 0.6 is 11.8 Å². The third kappa shape index (κ3) is 9.03. The average Bonchev–Trinajstić information content (AvgIpc) is 2.74. The predicted octanol–water partition coefficient (Wildman–Crippen LogP) is 6.92. The highest BCUT2D eigenvalue weighted by molar-refractivity contribution is 8.00. The van der Waals surface area contributed by atoms with Gasteiger partial charge in [0, 0.05) is 10.9 Å². The maximum Gasteiger partial charge on any atom is 0.417 e. The van der Waals surface area contributed by atoms with Crippen LogP contribution in [0, 0.1) is 11.3 Å². The summed E-state index contributed by atoms with van der Waals surface area (Å²) in [7, 11) is 0. The van der Waals surface area contributed by atoms with Gasteiger partial charge in [-0.3, -0.25) is 4.79 Å². The fraction of sp³-hybridized carbons (Fsp3) is 0.667. The van der Waals surface area contributed by atoms with Crippen molar-refractivity contribution < 1.29 is 23.1 Å². The minimum atomic E-state index is -4.72. The van der Waals surface area contributed by atoms with Gasteiger partial charge in [-0.05, 0) is 43.7 Å². The summed E-state index contributed by atoms with van der Waals surface area (Å²) in [6.45, 7) is 5.65. The molecule has 8 heteroatoms. The van der Waals surface area contributed by atoms with Crippen LogP contribution in [0.5, 0.6) is 0 Å². The van der Waals surface area contributed by atoms with Crippen molar-refractivity contribution in [3.63, 3.8) is 0 Å². The molecule has 0 fully saturated rings. The number of nitrogens with zero attached hydrogens (tertiary/aromatic N) is 1. The van der Waals surface area contributed by atoms with Gasteiger partial charge in [-0.15, -0.1) is 0 Å². The van der Waals surface area contributed by atoms with E-state index < -0.39 is 28.8 Å². The molecule has 0 aliphatic carbocycles. The largest absolute Gasteiger partial charge is 0.417 e. The lowest BCUT2D eigenvalue weighted by atomic mass is 9.95. The summed E-state index contributed by atoms with van der Waals surface area (Å²) in [5, 5.41) is 22.1. The summed E-state index contributed by atoms with van der Waals surface area (Å²) in [6, 6.07) is 4.52. The number of anilines is 1. The van der Waals surface area contributed by atoms with Gasteiger partial charge in [0.1, 0.15) is 0 Å². The normalized spacial score (nSPS) is 14.4. The zero-order chi connectivity index (χ0) is 24.2. The molecular weight excluding hydrogens is 437 g/mol. The molecule has 2 unspecified atom stereocenters. The van der Waals surface area contributed by atoms with Crippen molar-refractivity contribution >= 4 is 23.4 Å². The molecule has 0 radical (unpaired) electrons. The molecule has 180 valence electrons. The standard InChI is InChI=1S/C24H35F3N2O2S/c1-4-6-8-9-10-11-12-21(32-15-7-5-2)23(3,31)22(30)29-19-14-13-18(17-28)20(16-19)24(25,26)27/h13-14,16,21,31H,4-12,15H2,1-3H3,(H,29,30). The summed E-state index contributed by atoms with van der Waals surface area (Å²) in [5.74, 6) is 0.0607. The van der Waals surface area contributed by atoms with Crippen LogP contribution in [0.2, 0.25) is 0 Å². The number of aliphatic hydroxyl groups is 1. The first-order valence-electron chi connectivity index (χ1n) is 11.3. The first-order valence-corrected chi connectivity index (χ1v) is 12.4. The Morgan fingerprint density at radius 1 is 1.12 bits per heavy atom. The molecule has 4 nitrogen and oxygen atoms in total. The van der Waals surface area contributed by atoms with E-state index in [9.17, 15) is 23.1 Å². The molecule has 0 saturated heterocycles. The monoisotopic (exact) mass is 472 g/mol. The van der Waals surface area contributed by atoms with Gasteiger partial charge in [-0.2, -0.15) is 30.2 Å². The van der Waals surface area contributed by atoms with Crippen molar-refractivity contribution in [1.82, 2.24) is 0 Å². The number of alkyl halides is 3. The number of carbonyl (C=O) groups excluding carboxylic acids is 1. The SMILES string of the molecule is CCCCCCCCC(SCCCC)C(C)(O)C(=O)Nc1ccc(C#N)c(C(F)(F)F)c1. The maximum absolute atomic E-state index is 13.2. The smallest absolute Gasteiger partial charge is 0.379 e. The molecule has 0 aliphatic rings. The number of thioether (sulfide) groups is 1. The third-order valence-corrected chi connectivity index (χ3v) is 7.05. The van der Waals surface area contributed by atoms with E-state index in [0.29, 0.717) is 6.42 Å². The van der Waals surface area contributed by atoms with Gasteiger partial charge in [-0.25, -0.2) is 0 Å². The van der Waals surface area contributed by atoms with Crippen LogP contribution in [-0.4, -0.2) is 27.6 Å². The summed E-state index contributed by atoms with van der Waals surface area (Å²) >= 11 is 1.54. The van der Waals surface area contributed by atoms with Crippen LogP contribution in [0.4, 0.5) is 18.9 Å². The molecule has 1 amide bonds. The van der Waals surface area contributed by atoms with Gasteiger partial charge in [-0.1, -0.05) is 58.8 Å². The Morgan fingerprint density at radius 3 is 2.34 bits per heavy atom. The van der Waals surface area contributed by atoms with E-state index in [-0.39, 0.29) is 10.9 Å². The summed E-state index contributed by atoms with van der Waals surface area (Å²) in [5.41, 5.74) is -3.47. The van der Waals surface area contributed by atoms with Crippen LogP contribution in [-0.2, 0) is 11.0 Å². The van der Waals surface area contributed by atoms with Crippen LogP contribution in [0.25, 0.3) is 0 Å². The molecule has 32 heavy (non-hydrogen) atoms. The van der Waals surface area contributed by atoms with Crippen molar-refractivity contribution in [2.24, 2.45) is 0 Å². The van der Waals surface area contributed by atoms with Crippen molar-refractivity contribution in [1.29, 1.82) is 5.26 Å². The summed E-state index contributed by atoms with van der Waals surface area (Å²) in [4.78, 5) is 12.9. The highest BCUT2D eigenvalue weighted by atomic mass is 32.2. The molecule has 0 bridgehead atoms. The first kappa shape index (κ1) is 28.3. The molecule has 2 N–H and O–H groups in total. The minimum absolute atomic E-state index is 0.0986. The first-order chi connectivity index (χ1) is 15.1. The van der Waals surface area contributed by atoms with Gasteiger partial charge in [0.2, 0.25) is 0 Å². The lowest BCUT2D eigenvalue weighted by molar-refractivity contribution is -0.138. The number of carbonyl (C=O) groups is 1. The minimum Gasteiger partial charge on any atom is -0.379 e. The lowest BCUT2D eigenvalue weighted by Gasteiger charge is -2.31. The number of amides is 1. The van der Waals surface area contributed by atoms with Crippen LogP contribution in [0.1, 0.15) is 89.7 Å². The van der Waals surface area contributed by atoms with Gasteiger partial charge in [0.25, 0.3) is 5.91 Å². The quantitative estimate of drug-likeness (QED) is 0.288. The second-order valence-corrected chi connectivity index (χ2v) is 9.55. The highest BCUT2D eigenvalue weighted by Crippen LogP contribution is 2.35. The van der Waals surface area contributed by atoms with E-state index >= 15 is 0 Å². The number of hydrogen-bond acceptors (Lipinski definition) is 4. The number of unbranched alkanes of at least 4 members (excludes halogenated alkanes) is 6. The second-order valence-electron chi connectivity index (χ2n) is 8.24. The van der Waals surface area contributed by atoms with E-state index in [1.54, 1.807) is 0 Å². The van der Waals surface area contributed by atoms with Crippen LogP contribution in [0.15, 0.2) is 18.2 Å². The van der Waals surface area contributed by atoms with Crippen LogP contribution in [0.3, 0.4) is 0 Å². The van der Waals surface area contributed by atoms with Crippen molar-refractivity contribution in [3.8, 4) is 6.07 Å². The fourth-order valence-electron chi connectivity index (χ4n) is 3.36. The Balaban J connectivity index is 2.91. The molecule has 1 aromatic rings. The fourth-order valence-corrected chi connectivity index (χ4v) is 4.87. The van der Waals surface area contributed by atoms with Crippen LogP contribution < -0.4 is 5.32 Å². The number of nitriles is 1. The van der Waals surface area contributed by atoms with Crippen molar-refractivity contribution in [3.05, 3.63) is 29.3 Å². The summed E-state index contributed by atoms with van der Waals surface area (Å²) in [6.07, 6.45) is 4.43. The molecule has 0 saturated carbocycles. The molecule has 0 spiro atoms. The van der Waals surface area contributed by atoms with E-state index in [1.165, 1.54) is 43.7 Å². The lowest BCUT2D eigenvalue weighted by Crippen LogP contribution is -2.48. The van der Waals surface area contributed by atoms with Gasteiger partial charge in [0.05, 0.1) is 17.2 Å². The Hall–Kier alpha value is -1.72. The number of nitrogens with one attached hydrogen (secondary N) is 1. The number of rotatable bonds is 14. The van der Waals surface area contributed by atoms with E-state index in [1.807, 2.05) is 0 Å². The molecule has 0 heterocycles. The molecule has 0 aromatic heterocycles. The number of hydrogen-bond donors (Lipinski definition) is 2. The zero-order valence-electron chi connectivity index (χ0n) is 19.2. The summed E-state index contributed by atoms with van der Waals surface area (Å²) < 4.78 is 39.7. The predicted molar refractivity (Wildman–Crippen MR) is 125 cm³/mol. The van der Waals surface area contributed by atoms with E-state index in [4.69, 9.17) is 5.26 Å². The second kappa shape index (κ2) is 13.7. The van der Waals surface area contributed by atoms with Gasteiger partial charge in [0.15, 0.2) is 5.60 Å². The number of halogens is 3. The zero-order valence-corrected chi connectivity index (χ0v) is 20.0. The Bertz CT molecular complexity index is 761. The Labute approximate surface area is 194 Å².